The van der Waals surface area contributed by atoms with E-state index in [1.807, 2.05) is 6.07 Å². The van der Waals surface area contributed by atoms with Gasteiger partial charge in [-0.05, 0) is 30.2 Å². The lowest BCUT2D eigenvalue weighted by molar-refractivity contribution is -0.136. The first kappa shape index (κ1) is 10.6. The highest BCUT2D eigenvalue weighted by Gasteiger charge is 2.07. The highest BCUT2D eigenvalue weighted by Crippen LogP contribution is 2.19. The van der Waals surface area contributed by atoms with Crippen molar-refractivity contribution in [2.45, 2.75) is 18.2 Å². The highest BCUT2D eigenvalue weighted by molar-refractivity contribution is 7.80. The molecule has 0 aliphatic heterocycles. The molecule has 0 saturated heterocycles. The first-order valence-corrected chi connectivity index (χ1v) is 4.43. The number of hydrogen-bond acceptors (Lipinski definition) is 3. The van der Waals surface area contributed by atoms with Gasteiger partial charge in [0, 0.05) is 4.90 Å². The summed E-state index contributed by atoms with van der Waals surface area (Å²) in [5.74, 6) is -0.923. The van der Waals surface area contributed by atoms with Crippen molar-refractivity contribution >= 4 is 18.6 Å². The molecule has 1 aromatic rings. The van der Waals surface area contributed by atoms with E-state index < -0.39 is 5.97 Å². The molecule has 0 saturated carbocycles. The Bertz CT molecular complexity index is 421. The molecule has 0 radical (unpaired) electrons. The number of nitrogens with zero attached hydrogens (tertiary/aromatic N) is 1. The molecule has 0 spiro atoms. The van der Waals surface area contributed by atoms with Crippen LogP contribution in [-0.2, 0) is 11.2 Å². The van der Waals surface area contributed by atoms with Gasteiger partial charge in [0.15, 0.2) is 0 Å². The first-order chi connectivity index (χ1) is 6.54. The zero-order valence-electron chi connectivity index (χ0n) is 7.61. The van der Waals surface area contributed by atoms with E-state index in [9.17, 15) is 4.79 Å². The second-order valence-corrected chi connectivity index (χ2v) is 3.46. The van der Waals surface area contributed by atoms with E-state index in [4.69, 9.17) is 10.4 Å². The summed E-state index contributed by atoms with van der Waals surface area (Å²) < 4.78 is 0. The predicted molar refractivity (Wildman–Crippen MR) is 54.5 cm³/mol. The molecule has 0 bridgehead atoms. The van der Waals surface area contributed by atoms with Crippen LogP contribution in [-0.4, -0.2) is 11.1 Å². The third-order valence-electron chi connectivity index (χ3n) is 1.89. The average molecular weight is 207 g/mol. The Morgan fingerprint density at radius 1 is 1.64 bits per heavy atom. The van der Waals surface area contributed by atoms with Gasteiger partial charge in [-0.25, -0.2) is 0 Å². The van der Waals surface area contributed by atoms with Crippen molar-refractivity contribution in [1.82, 2.24) is 0 Å². The molecule has 1 aromatic carbocycles. The molecule has 0 amide bonds. The molecule has 3 nitrogen and oxygen atoms in total. The quantitative estimate of drug-likeness (QED) is 0.727. The molecule has 14 heavy (non-hydrogen) atoms. The van der Waals surface area contributed by atoms with Gasteiger partial charge in [0.2, 0.25) is 0 Å². The van der Waals surface area contributed by atoms with Gasteiger partial charge < -0.3 is 5.11 Å². The molecule has 0 fully saturated rings. The summed E-state index contributed by atoms with van der Waals surface area (Å²) in [7, 11) is 0. The van der Waals surface area contributed by atoms with E-state index >= 15 is 0 Å². The topological polar surface area (TPSA) is 61.1 Å². The SMILES string of the molecule is Cc1cc(S)c(CC(=O)O)cc1C#N. The smallest absolute Gasteiger partial charge is 0.307 e. The normalized spacial score (nSPS) is 9.50. The van der Waals surface area contributed by atoms with Gasteiger partial charge in [0.05, 0.1) is 18.1 Å². The summed E-state index contributed by atoms with van der Waals surface area (Å²) in [5, 5.41) is 17.4. The van der Waals surface area contributed by atoms with E-state index in [-0.39, 0.29) is 6.42 Å². The van der Waals surface area contributed by atoms with Crippen LogP contribution >= 0.6 is 12.6 Å². The van der Waals surface area contributed by atoms with Gasteiger partial charge >= 0.3 is 5.97 Å². The minimum atomic E-state index is -0.923. The van der Waals surface area contributed by atoms with E-state index in [0.29, 0.717) is 16.0 Å². The zero-order chi connectivity index (χ0) is 10.7. The number of carboxylic acids is 1. The minimum Gasteiger partial charge on any atom is -0.481 e. The standard InChI is InChI=1S/C10H9NO2S/c1-6-2-9(14)7(4-10(12)13)3-8(6)5-11/h2-3,14H,4H2,1H3,(H,12,13). The molecule has 1 N–H and O–H groups in total. The van der Waals surface area contributed by atoms with Crippen LogP contribution in [0.5, 0.6) is 0 Å². The second kappa shape index (κ2) is 4.16. The molecule has 0 heterocycles. The molecule has 0 atom stereocenters. The maximum atomic E-state index is 10.5. The maximum Gasteiger partial charge on any atom is 0.307 e. The van der Waals surface area contributed by atoms with Crippen molar-refractivity contribution in [1.29, 1.82) is 5.26 Å². The van der Waals surface area contributed by atoms with E-state index in [1.54, 1.807) is 19.1 Å². The van der Waals surface area contributed by atoms with Crippen LogP contribution in [0.2, 0.25) is 0 Å². The molecule has 72 valence electrons. The summed E-state index contributed by atoms with van der Waals surface area (Å²) in [6.45, 7) is 1.79. The van der Waals surface area contributed by atoms with Gasteiger partial charge in [-0.15, -0.1) is 12.6 Å². The summed E-state index contributed by atoms with van der Waals surface area (Å²) in [4.78, 5) is 11.1. The second-order valence-electron chi connectivity index (χ2n) is 2.98. The monoisotopic (exact) mass is 207 g/mol. The molecule has 1 rings (SSSR count). The Hall–Kier alpha value is -1.47. The van der Waals surface area contributed by atoms with Gasteiger partial charge in [0.1, 0.15) is 0 Å². The molecule has 0 aliphatic rings. The number of thiol groups is 1. The Balaban J connectivity index is 3.19. The van der Waals surface area contributed by atoms with Gasteiger partial charge in [-0.3, -0.25) is 4.79 Å². The Morgan fingerprint density at radius 2 is 2.29 bits per heavy atom. The van der Waals surface area contributed by atoms with E-state index in [2.05, 4.69) is 12.6 Å². The molecular formula is C10H9NO2S. The van der Waals surface area contributed by atoms with Gasteiger partial charge in [-0.1, -0.05) is 0 Å². The van der Waals surface area contributed by atoms with Crippen LogP contribution in [0.3, 0.4) is 0 Å². The number of aliphatic carboxylic acids is 1. The van der Waals surface area contributed by atoms with E-state index in [0.717, 1.165) is 5.56 Å². The number of rotatable bonds is 2. The Morgan fingerprint density at radius 3 is 2.79 bits per heavy atom. The Labute approximate surface area is 87.4 Å². The van der Waals surface area contributed by atoms with Crippen LogP contribution in [0.4, 0.5) is 0 Å². The predicted octanol–water partition coefficient (Wildman–Crippen LogP) is 1.78. The Kier molecular flexibility index (Phi) is 3.15. The van der Waals surface area contributed by atoms with Gasteiger partial charge in [0.25, 0.3) is 0 Å². The largest absolute Gasteiger partial charge is 0.481 e. The number of carbonyl (C=O) groups is 1. The summed E-state index contributed by atoms with van der Waals surface area (Å²) in [5.41, 5.74) is 1.88. The van der Waals surface area contributed by atoms with E-state index in [1.165, 1.54) is 0 Å². The number of hydrogen-bond donors (Lipinski definition) is 2. The first-order valence-electron chi connectivity index (χ1n) is 3.99. The van der Waals surface area contributed by atoms with Crippen molar-refractivity contribution < 1.29 is 9.90 Å². The zero-order valence-corrected chi connectivity index (χ0v) is 8.51. The number of benzene rings is 1. The van der Waals surface area contributed by atoms with Crippen LogP contribution < -0.4 is 0 Å². The van der Waals surface area contributed by atoms with Crippen LogP contribution in [0, 0.1) is 18.3 Å². The number of aryl methyl sites for hydroxylation is 1. The fraction of sp³-hybridized carbons (Fsp3) is 0.200. The molecule has 0 aliphatic carbocycles. The van der Waals surface area contributed by atoms with Crippen molar-refractivity contribution in [3.63, 3.8) is 0 Å². The third-order valence-corrected chi connectivity index (χ3v) is 2.30. The molecule has 0 aromatic heterocycles. The fourth-order valence-electron chi connectivity index (χ4n) is 1.16. The maximum absolute atomic E-state index is 10.5. The van der Waals surface area contributed by atoms with Crippen LogP contribution in [0.15, 0.2) is 17.0 Å². The van der Waals surface area contributed by atoms with Crippen molar-refractivity contribution in [3.8, 4) is 6.07 Å². The lowest BCUT2D eigenvalue weighted by Crippen LogP contribution is -2.02. The summed E-state index contributed by atoms with van der Waals surface area (Å²) in [6.07, 6.45) is -0.103. The minimum absolute atomic E-state index is 0.103. The lowest BCUT2D eigenvalue weighted by atomic mass is 10.0. The summed E-state index contributed by atoms with van der Waals surface area (Å²) >= 11 is 4.16. The lowest BCUT2D eigenvalue weighted by Gasteiger charge is -2.05. The molecule has 4 heteroatoms. The van der Waals surface area contributed by atoms with Crippen molar-refractivity contribution in [2.24, 2.45) is 0 Å². The van der Waals surface area contributed by atoms with Crippen LogP contribution in [0.25, 0.3) is 0 Å². The number of nitriles is 1. The average Bonchev–Trinajstić information content (AvgIpc) is 2.09. The third kappa shape index (κ3) is 2.27. The number of carboxylic acid groups (broad SMARTS) is 1. The fourth-order valence-corrected chi connectivity index (χ4v) is 1.50. The van der Waals surface area contributed by atoms with Crippen molar-refractivity contribution in [3.05, 3.63) is 28.8 Å². The van der Waals surface area contributed by atoms with Gasteiger partial charge in [-0.2, -0.15) is 5.26 Å². The van der Waals surface area contributed by atoms with Crippen LogP contribution in [0.1, 0.15) is 16.7 Å². The molecular weight excluding hydrogens is 198 g/mol. The highest BCUT2D eigenvalue weighted by atomic mass is 32.1. The van der Waals surface area contributed by atoms with Crippen molar-refractivity contribution in [2.75, 3.05) is 0 Å². The summed E-state index contributed by atoms with van der Waals surface area (Å²) in [6, 6.07) is 5.29. The molecule has 0 unspecified atom stereocenters.